The van der Waals surface area contributed by atoms with Gasteiger partial charge >= 0.3 is 0 Å². The fourth-order valence-corrected chi connectivity index (χ4v) is 5.41. The molecular weight excluding hydrogens is 496 g/mol. The maximum atomic E-state index is 13.5. The Hall–Kier alpha value is -3.84. The first-order valence-electron chi connectivity index (χ1n) is 13.0. The van der Waals surface area contributed by atoms with Gasteiger partial charge in [-0.2, -0.15) is 0 Å². The van der Waals surface area contributed by atoms with Crippen molar-refractivity contribution in [1.82, 2.24) is 10.2 Å². The van der Waals surface area contributed by atoms with Gasteiger partial charge in [-0.25, -0.2) is 0 Å². The van der Waals surface area contributed by atoms with Crippen LogP contribution in [-0.4, -0.2) is 29.8 Å². The van der Waals surface area contributed by atoms with Gasteiger partial charge in [0.2, 0.25) is 0 Å². The number of carbonyl (C=O) groups excluding carboxylic acids is 2. The highest BCUT2D eigenvalue weighted by Gasteiger charge is 2.33. The standard InChI is InChI=1S/C31H32N2O4S/c1-21(2)14-16-32-30(34)27-13-12-25(37-27)20-36-24-11-10-22-15-17-33(31(35)28-9-6-18-38-28)29(26(22)19-24)23-7-4-3-5-8-23/h3-13,18-19,21,29H,14-17,20H2,1-2H3,(H,32,34)/t29-/m0/s1. The van der Waals surface area contributed by atoms with Crippen molar-refractivity contribution in [2.45, 2.75) is 39.3 Å². The first kappa shape index (κ1) is 25.8. The zero-order valence-electron chi connectivity index (χ0n) is 21.7. The number of nitrogens with zero attached hydrogens (tertiary/aromatic N) is 1. The molecule has 1 aliphatic heterocycles. The molecule has 0 bridgehead atoms. The quantitative estimate of drug-likeness (QED) is 0.270. The number of thiophene rings is 1. The molecule has 0 unspecified atom stereocenters. The van der Waals surface area contributed by atoms with Gasteiger partial charge in [0.15, 0.2) is 5.76 Å². The molecule has 0 spiro atoms. The summed E-state index contributed by atoms with van der Waals surface area (Å²) < 4.78 is 11.8. The molecule has 0 aliphatic carbocycles. The molecule has 0 saturated heterocycles. The van der Waals surface area contributed by atoms with Gasteiger partial charge in [0.05, 0.1) is 10.9 Å². The molecule has 1 aliphatic rings. The van der Waals surface area contributed by atoms with Crippen LogP contribution in [0.5, 0.6) is 5.75 Å². The third-order valence-electron chi connectivity index (χ3n) is 6.73. The van der Waals surface area contributed by atoms with Crippen molar-refractivity contribution in [3.63, 3.8) is 0 Å². The average molecular weight is 529 g/mol. The Balaban J connectivity index is 1.33. The summed E-state index contributed by atoms with van der Waals surface area (Å²) in [5, 5.41) is 4.82. The molecule has 1 atom stereocenters. The Morgan fingerprint density at radius 3 is 2.68 bits per heavy atom. The fraction of sp³-hybridized carbons (Fsp3) is 0.290. The van der Waals surface area contributed by atoms with Crippen molar-refractivity contribution in [2.75, 3.05) is 13.1 Å². The molecule has 0 fully saturated rings. The van der Waals surface area contributed by atoms with Crippen molar-refractivity contribution in [1.29, 1.82) is 0 Å². The van der Waals surface area contributed by atoms with E-state index in [9.17, 15) is 9.59 Å². The van der Waals surface area contributed by atoms with Gasteiger partial charge in [0.25, 0.3) is 11.8 Å². The summed E-state index contributed by atoms with van der Waals surface area (Å²) in [6, 6.07) is 23.2. The van der Waals surface area contributed by atoms with Gasteiger partial charge in [-0.3, -0.25) is 9.59 Å². The van der Waals surface area contributed by atoms with Crippen molar-refractivity contribution in [3.8, 4) is 5.75 Å². The Morgan fingerprint density at radius 2 is 1.92 bits per heavy atom. The van der Waals surface area contributed by atoms with Crippen molar-refractivity contribution >= 4 is 23.2 Å². The molecule has 0 radical (unpaired) electrons. The van der Waals surface area contributed by atoms with E-state index >= 15 is 0 Å². The van der Waals surface area contributed by atoms with Crippen molar-refractivity contribution in [2.24, 2.45) is 5.92 Å². The Bertz CT molecular complexity index is 1380. The lowest BCUT2D eigenvalue weighted by Crippen LogP contribution is -2.40. The zero-order chi connectivity index (χ0) is 26.5. The van der Waals surface area contributed by atoms with Gasteiger partial charge in [0, 0.05) is 13.1 Å². The molecule has 5 rings (SSSR count). The summed E-state index contributed by atoms with van der Waals surface area (Å²) in [6.45, 7) is 5.71. The van der Waals surface area contributed by atoms with E-state index in [1.54, 1.807) is 12.1 Å². The van der Waals surface area contributed by atoms with Gasteiger partial charge in [0.1, 0.15) is 18.1 Å². The number of amides is 2. The smallest absolute Gasteiger partial charge is 0.286 e. The summed E-state index contributed by atoms with van der Waals surface area (Å²) >= 11 is 1.47. The topological polar surface area (TPSA) is 71.8 Å². The summed E-state index contributed by atoms with van der Waals surface area (Å²) in [6.07, 6.45) is 1.70. The van der Waals surface area contributed by atoms with E-state index in [2.05, 4.69) is 37.4 Å². The number of carbonyl (C=O) groups is 2. The SMILES string of the molecule is CC(C)CCNC(=O)c1ccc(COc2ccc3c(c2)[C@H](c2ccccc2)N(C(=O)c2cccs2)CC3)o1. The first-order valence-corrected chi connectivity index (χ1v) is 13.9. The zero-order valence-corrected chi connectivity index (χ0v) is 22.5. The Labute approximate surface area is 227 Å². The van der Waals surface area contributed by atoms with Crippen molar-refractivity contribution < 1.29 is 18.7 Å². The molecule has 3 heterocycles. The molecule has 38 heavy (non-hydrogen) atoms. The largest absolute Gasteiger partial charge is 0.486 e. The van der Waals surface area contributed by atoms with Crippen LogP contribution in [0.25, 0.3) is 0 Å². The number of rotatable bonds is 9. The molecule has 4 aromatic rings. The minimum Gasteiger partial charge on any atom is -0.486 e. The number of nitrogens with one attached hydrogen (secondary N) is 1. The average Bonchev–Trinajstić information content (AvgIpc) is 3.64. The molecule has 6 nitrogen and oxygen atoms in total. The number of furan rings is 1. The summed E-state index contributed by atoms with van der Waals surface area (Å²) in [4.78, 5) is 28.5. The lowest BCUT2D eigenvalue weighted by Gasteiger charge is -2.37. The Kier molecular flexibility index (Phi) is 7.94. The summed E-state index contributed by atoms with van der Waals surface area (Å²) in [7, 11) is 0. The molecule has 0 saturated carbocycles. The maximum absolute atomic E-state index is 13.5. The second kappa shape index (κ2) is 11.7. The van der Waals surface area contributed by atoms with Crippen LogP contribution in [0.1, 0.15) is 69.0 Å². The predicted octanol–water partition coefficient (Wildman–Crippen LogP) is 6.48. The second-order valence-electron chi connectivity index (χ2n) is 9.89. The van der Waals surface area contributed by atoms with Crippen LogP contribution in [0.2, 0.25) is 0 Å². The number of benzene rings is 2. The molecule has 196 valence electrons. The number of ether oxygens (including phenoxy) is 1. The number of hydrogen-bond donors (Lipinski definition) is 1. The maximum Gasteiger partial charge on any atom is 0.286 e. The van der Waals surface area contributed by atoms with Crippen LogP contribution < -0.4 is 10.1 Å². The number of hydrogen-bond acceptors (Lipinski definition) is 5. The molecule has 2 aromatic carbocycles. The van der Waals surface area contributed by atoms with E-state index < -0.39 is 0 Å². The first-order chi connectivity index (χ1) is 18.5. The molecule has 2 aromatic heterocycles. The van der Waals surface area contributed by atoms with Gasteiger partial charge in [-0.05, 0) is 71.2 Å². The lowest BCUT2D eigenvalue weighted by atomic mass is 9.88. The molecule has 7 heteroatoms. The number of fused-ring (bicyclic) bond motifs is 1. The third kappa shape index (κ3) is 5.83. The Morgan fingerprint density at radius 1 is 1.08 bits per heavy atom. The fourth-order valence-electron chi connectivity index (χ4n) is 4.73. The van der Waals surface area contributed by atoms with Crippen LogP contribution in [0.4, 0.5) is 0 Å². The van der Waals surface area contributed by atoms with E-state index in [1.165, 1.54) is 16.9 Å². The minimum atomic E-state index is -0.216. The predicted molar refractivity (Wildman–Crippen MR) is 149 cm³/mol. The summed E-state index contributed by atoms with van der Waals surface area (Å²) in [5.74, 6) is 1.90. The van der Waals surface area contributed by atoms with Crippen LogP contribution in [0.3, 0.4) is 0 Å². The molecular formula is C31H32N2O4S. The van der Waals surface area contributed by atoms with Gasteiger partial charge in [-0.15, -0.1) is 11.3 Å². The van der Waals surface area contributed by atoms with Gasteiger partial charge < -0.3 is 19.4 Å². The van der Waals surface area contributed by atoms with Gasteiger partial charge in [-0.1, -0.05) is 56.3 Å². The van der Waals surface area contributed by atoms with Crippen LogP contribution in [0.15, 0.2) is 82.6 Å². The van der Waals surface area contributed by atoms with Crippen LogP contribution in [0, 0.1) is 5.92 Å². The van der Waals surface area contributed by atoms with E-state index in [4.69, 9.17) is 9.15 Å². The van der Waals surface area contributed by atoms with E-state index in [-0.39, 0.29) is 30.2 Å². The highest BCUT2D eigenvalue weighted by molar-refractivity contribution is 7.12. The lowest BCUT2D eigenvalue weighted by molar-refractivity contribution is 0.0699. The summed E-state index contributed by atoms with van der Waals surface area (Å²) in [5.41, 5.74) is 3.34. The van der Waals surface area contributed by atoms with E-state index in [0.717, 1.165) is 28.8 Å². The molecule has 1 N–H and O–H groups in total. The van der Waals surface area contributed by atoms with E-state index in [0.29, 0.717) is 30.5 Å². The second-order valence-corrected chi connectivity index (χ2v) is 10.8. The monoisotopic (exact) mass is 528 g/mol. The minimum absolute atomic E-state index is 0.0422. The highest BCUT2D eigenvalue weighted by atomic mass is 32.1. The van der Waals surface area contributed by atoms with Crippen molar-refractivity contribution in [3.05, 3.63) is 111 Å². The van der Waals surface area contributed by atoms with Crippen LogP contribution in [-0.2, 0) is 13.0 Å². The normalized spacial score (nSPS) is 14.8. The highest BCUT2D eigenvalue weighted by Crippen LogP contribution is 2.38. The van der Waals surface area contributed by atoms with E-state index in [1.807, 2.05) is 52.7 Å². The van der Waals surface area contributed by atoms with Crippen LogP contribution >= 0.6 is 11.3 Å². The third-order valence-corrected chi connectivity index (χ3v) is 7.59. The molecule has 2 amide bonds.